The number of nitrogens with one attached hydrogen (secondary N) is 1. The third-order valence-electron chi connectivity index (χ3n) is 6.66. The Labute approximate surface area is 239 Å². The first kappa shape index (κ1) is 30.9. The van der Waals surface area contributed by atoms with Gasteiger partial charge in [-0.3, -0.25) is 13.9 Å². The molecule has 3 aromatic rings. The van der Waals surface area contributed by atoms with E-state index in [1.54, 1.807) is 12.1 Å². The second-order valence-corrected chi connectivity index (χ2v) is 12.8. The zero-order valence-corrected chi connectivity index (χ0v) is 25.1. The maximum atomic E-state index is 14.1. The lowest BCUT2D eigenvalue weighted by molar-refractivity contribution is -0.140. The molecule has 3 aromatic carbocycles. The second-order valence-electron chi connectivity index (χ2n) is 10.9. The van der Waals surface area contributed by atoms with Gasteiger partial charge in [0.2, 0.25) is 21.8 Å². The number of carbonyl (C=O) groups is 2. The van der Waals surface area contributed by atoms with E-state index in [-0.39, 0.29) is 24.4 Å². The Morgan fingerprint density at radius 2 is 1.48 bits per heavy atom. The highest BCUT2D eigenvalue weighted by molar-refractivity contribution is 7.92. The van der Waals surface area contributed by atoms with Crippen molar-refractivity contribution in [3.05, 3.63) is 101 Å². The van der Waals surface area contributed by atoms with Crippen LogP contribution in [0.3, 0.4) is 0 Å². The van der Waals surface area contributed by atoms with Crippen molar-refractivity contribution in [1.29, 1.82) is 0 Å². The van der Waals surface area contributed by atoms with Gasteiger partial charge in [0.1, 0.15) is 12.6 Å². The van der Waals surface area contributed by atoms with E-state index in [9.17, 15) is 18.0 Å². The average molecular weight is 564 g/mol. The fourth-order valence-electron chi connectivity index (χ4n) is 4.58. The molecule has 0 aliphatic heterocycles. The van der Waals surface area contributed by atoms with Gasteiger partial charge in [-0.05, 0) is 55.5 Å². The van der Waals surface area contributed by atoms with Gasteiger partial charge in [0, 0.05) is 19.0 Å². The van der Waals surface area contributed by atoms with Gasteiger partial charge < -0.3 is 10.2 Å². The van der Waals surface area contributed by atoms with Crippen molar-refractivity contribution in [2.75, 3.05) is 17.1 Å². The van der Waals surface area contributed by atoms with Crippen molar-refractivity contribution in [3.63, 3.8) is 0 Å². The fraction of sp³-hybridized carbons (Fsp3) is 0.375. The molecule has 3 rings (SSSR count). The monoisotopic (exact) mass is 563 g/mol. The largest absolute Gasteiger partial charge is 0.352 e. The van der Waals surface area contributed by atoms with Crippen LogP contribution in [0.2, 0.25) is 0 Å². The number of hydrogen-bond acceptors (Lipinski definition) is 4. The highest BCUT2D eigenvalue weighted by atomic mass is 32.2. The van der Waals surface area contributed by atoms with Gasteiger partial charge in [0.25, 0.3) is 0 Å². The Morgan fingerprint density at radius 3 is 2.02 bits per heavy atom. The number of aryl methyl sites for hydroxylation is 1. The van der Waals surface area contributed by atoms with Crippen molar-refractivity contribution in [2.24, 2.45) is 0 Å². The number of nitrogens with zero attached hydrogens (tertiary/aromatic N) is 2. The number of benzene rings is 3. The highest BCUT2D eigenvalue weighted by Gasteiger charge is 2.33. The van der Waals surface area contributed by atoms with Crippen molar-refractivity contribution < 1.29 is 18.0 Å². The molecule has 0 unspecified atom stereocenters. The topological polar surface area (TPSA) is 86.8 Å². The van der Waals surface area contributed by atoms with Crippen molar-refractivity contribution >= 4 is 27.5 Å². The van der Waals surface area contributed by atoms with Crippen molar-refractivity contribution in [1.82, 2.24) is 10.2 Å². The molecule has 0 saturated carbocycles. The normalized spacial score (nSPS) is 12.3. The number of hydrogen-bond donors (Lipinski definition) is 1. The van der Waals surface area contributed by atoms with Gasteiger partial charge in [0.15, 0.2) is 0 Å². The quantitative estimate of drug-likeness (QED) is 0.334. The maximum absolute atomic E-state index is 14.1. The van der Waals surface area contributed by atoms with E-state index in [0.717, 1.165) is 32.8 Å². The first-order valence-electron chi connectivity index (χ1n) is 13.6. The lowest BCUT2D eigenvalue weighted by Gasteiger charge is -2.34. The minimum atomic E-state index is -3.80. The number of sulfonamides is 1. The molecular formula is C32H41N3O4S. The Kier molecular flexibility index (Phi) is 10.5. The summed E-state index contributed by atoms with van der Waals surface area (Å²) in [7, 11) is -3.80. The molecule has 0 spiro atoms. The number of carbonyl (C=O) groups excluding carboxylic acids is 2. The number of amides is 2. The number of rotatable bonds is 12. The summed E-state index contributed by atoms with van der Waals surface area (Å²) >= 11 is 0. The number of anilines is 1. The Bertz CT molecular complexity index is 1390. The molecule has 0 heterocycles. The molecule has 214 valence electrons. The minimum Gasteiger partial charge on any atom is -0.352 e. The molecule has 0 aliphatic rings. The third-order valence-corrected chi connectivity index (χ3v) is 7.80. The van der Waals surface area contributed by atoms with E-state index in [2.05, 4.69) is 19.2 Å². The summed E-state index contributed by atoms with van der Waals surface area (Å²) in [6.07, 6.45) is 1.38. The summed E-state index contributed by atoms with van der Waals surface area (Å²) in [5.74, 6) is -0.461. The summed E-state index contributed by atoms with van der Waals surface area (Å²) in [5, 5.41) is 2.96. The molecule has 1 atom stereocenters. The molecule has 0 saturated heterocycles. The SMILES string of the molecule is Cc1cccc(CN(C(=O)CN(c2ccc(C(C)C)cc2)S(C)(=O)=O)[C@H](Cc2ccccc2)C(=O)NC(C)C)c1. The van der Waals surface area contributed by atoms with E-state index in [1.807, 2.05) is 87.5 Å². The van der Waals surface area contributed by atoms with Gasteiger partial charge in [-0.2, -0.15) is 0 Å². The molecule has 0 fully saturated rings. The van der Waals surface area contributed by atoms with E-state index in [1.165, 1.54) is 4.90 Å². The molecule has 40 heavy (non-hydrogen) atoms. The van der Waals surface area contributed by atoms with Crippen LogP contribution in [0.1, 0.15) is 55.9 Å². The Balaban J connectivity index is 2.04. The maximum Gasteiger partial charge on any atom is 0.244 e. The van der Waals surface area contributed by atoms with Crippen LogP contribution in [-0.2, 0) is 32.6 Å². The summed E-state index contributed by atoms with van der Waals surface area (Å²) in [6.45, 7) is 9.57. The molecule has 8 heteroatoms. The molecular weight excluding hydrogens is 522 g/mol. The van der Waals surface area contributed by atoms with Gasteiger partial charge in [0.05, 0.1) is 11.9 Å². The zero-order valence-electron chi connectivity index (χ0n) is 24.3. The van der Waals surface area contributed by atoms with Crippen LogP contribution in [-0.4, -0.2) is 50.0 Å². The van der Waals surface area contributed by atoms with Gasteiger partial charge in [-0.1, -0.05) is 86.1 Å². The predicted octanol–water partition coefficient (Wildman–Crippen LogP) is 5.05. The van der Waals surface area contributed by atoms with Crippen molar-refractivity contribution in [2.45, 2.75) is 65.6 Å². The molecule has 2 amide bonds. The summed E-state index contributed by atoms with van der Waals surface area (Å²) < 4.78 is 27.0. The minimum absolute atomic E-state index is 0.131. The molecule has 7 nitrogen and oxygen atoms in total. The smallest absolute Gasteiger partial charge is 0.244 e. The van der Waals surface area contributed by atoms with Gasteiger partial charge in [-0.15, -0.1) is 0 Å². The van der Waals surface area contributed by atoms with Crippen LogP contribution in [0.4, 0.5) is 5.69 Å². The van der Waals surface area contributed by atoms with Crippen LogP contribution in [0.25, 0.3) is 0 Å². The van der Waals surface area contributed by atoms with E-state index >= 15 is 0 Å². The predicted molar refractivity (Wildman–Crippen MR) is 162 cm³/mol. The van der Waals surface area contributed by atoms with Gasteiger partial charge >= 0.3 is 0 Å². The highest BCUT2D eigenvalue weighted by Crippen LogP contribution is 2.23. The van der Waals surface area contributed by atoms with E-state index in [0.29, 0.717) is 12.1 Å². The Morgan fingerprint density at radius 1 is 0.850 bits per heavy atom. The summed E-state index contributed by atoms with van der Waals surface area (Å²) in [5.41, 5.74) is 4.26. The Hall–Kier alpha value is -3.65. The van der Waals surface area contributed by atoms with Crippen molar-refractivity contribution in [3.8, 4) is 0 Å². The fourth-order valence-corrected chi connectivity index (χ4v) is 5.43. The third kappa shape index (κ3) is 8.68. The lowest BCUT2D eigenvalue weighted by Crippen LogP contribution is -2.54. The standard InChI is InChI=1S/C32H41N3O4S/c1-23(2)28-15-17-29(18-16-28)35(40(6,38)39)22-31(36)34(21-27-14-10-11-25(5)19-27)30(32(37)33-24(3)4)20-26-12-8-7-9-13-26/h7-19,23-24,30H,20-22H2,1-6H3,(H,33,37)/t30-/m1/s1. The summed E-state index contributed by atoms with van der Waals surface area (Å²) in [6, 6.07) is 23.5. The molecule has 1 N–H and O–H groups in total. The van der Waals surface area contributed by atoms with Crippen LogP contribution in [0.5, 0.6) is 0 Å². The summed E-state index contributed by atoms with van der Waals surface area (Å²) in [4.78, 5) is 29.2. The molecule has 0 aliphatic carbocycles. The first-order valence-corrected chi connectivity index (χ1v) is 15.5. The molecule has 0 radical (unpaired) electrons. The molecule has 0 bridgehead atoms. The van der Waals surface area contributed by atoms with Crippen LogP contribution in [0, 0.1) is 6.92 Å². The van der Waals surface area contributed by atoms with E-state index < -0.39 is 28.5 Å². The van der Waals surface area contributed by atoms with Crippen LogP contribution in [0.15, 0.2) is 78.9 Å². The van der Waals surface area contributed by atoms with Gasteiger partial charge in [-0.25, -0.2) is 8.42 Å². The average Bonchev–Trinajstić information content (AvgIpc) is 2.88. The lowest BCUT2D eigenvalue weighted by atomic mass is 10.0. The van der Waals surface area contributed by atoms with Crippen LogP contribution < -0.4 is 9.62 Å². The second kappa shape index (κ2) is 13.6. The first-order chi connectivity index (χ1) is 18.8. The zero-order chi connectivity index (χ0) is 29.4. The van der Waals surface area contributed by atoms with Crippen LogP contribution >= 0.6 is 0 Å². The molecule has 0 aromatic heterocycles. The van der Waals surface area contributed by atoms with E-state index in [4.69, 9.17) is 0 Å².